The van der Waals surface area contributed by atoms with Crippen molar-refractivity contribution in [3.63, 3.8) is 0 Å². The van der Waals surface area contributed by atoms with Crippen LogP contribution in [0.3, 0.4) is 0 Å². The maximum atomic E-state index is 5.54. The average Bonchev–Trinajstić information content (AvgIpc) is 2.20. The summed E-state index contributed by atoms with van der Waals surface area (Å²) in [5.74, 6) is 1.06. The van der Waals surface area contributed by atoms with Gasteiger partial charge in [0.1, 0.15) is 0 Å². The van der Waals surface area contributed by atoms with Crippen LogP contribution < -0.4 is 15.8 Å². The summed E-state index contributed by atoms with van der Waals surface area (Å²) in [7, 11) is 1.57. The Morgan fingerprint density at radius 3 is 2.81 bits per heavy atom. The average molecular weight is 289 g/mol. The molecule has 1 rings (SSSR count). The fourth-order valence-corrected chi connectivity index (χ4v) is 1.63. The quantitative estimate of drug-likeness (QED) is 0.864. The monoisotopic (exact) mass is 288 g/mol. The highest BCUT2D eigenvalue weighted by Crippen LogP contribution is 2.23. The molecule has 0 bridgehead atoms. The Labute approximate surface area is 104 Å². The molecule has 0 saturated heterocycles. The van der Waals surface area contributed by atoms with Crippen molar-refractivity contribution in [2.75, 3.05) is 19.0 Å². The molecule has 0 radical (unpaired) electrons. The van der Waals surface area contributed by atoms with E-state index in [1.165, 1.54) is 0 Å². The van der Waals surface area contributed by atoms with E-state index >= 15 is 0 Å². The van der Waals surface area contributed by atoms with Crippen molar-refractivity contribution in [1.82, 2.24) is 9.97 Å². The normalized spacial score (nSPS) is 11.3. The molecular formula is C10H17BrN4O. The molecule has 1 heterocycles. The molecule has 0 fully saturated rings. The Hall–Kier alpha value is -0.880. The van der Waals surface area contributed by atoms with Crippen LogP contribution in [-0.2, 0) is 0 Å². The van der Waals surface area contributed by atoms with Gasteiger partial charge in [0.05, 0.1) is 17.8 Å². The second-order valence-corrected chi connectivity index (χ2v) is 4.95. The van der Waals surface area contributed by atoms with Crippen molar-refractivity contribution >= 4 is 21.9 Å². The van der Waals surface area contributed by atoms with Gasteiger partial charge in [-0.2, -0.15) is 4.98 Å². The highest BCUT2D eigenvalue weighted by molar-refractivity contribution is 9.10. The van der Waals surface area contributed by atoms with E-state index in [1.54, 1.807) is 13.3 Å². The third-order valence-electron chi connectivity index (χ3n) is 2.12. The Morgan fingerprint density at radius 2 is 2.25 bits per heavy atom. The number of ether oxygens (including phenoxy) is 1. The third kappa shape index (κ3) is 3.61. The zero-order chi connectivity index (χ0) is 12.2. The number of aromatic nitrogens is 2. The molecule has 0 spiro atoms. The number of hydrogen-bond donors (Lipinski definition) is 2. The van der Waals surface area contributed by atoms with Crippen molar-refractivity contribution in [2.24, 2.45) is 5.73 Å². The Bertz CT molecular complexity index is 357. The van der Waals surface area contributed by atoms with Gasteiger partial charge in [-0.05, 0) is 42.7 Å². The predicted molar refractivity (Wildman–Crippen MR) is 67.7 cm³/mol. The summed E-state index contributed by atoms with van der Waals surface area (Å²) in [6.45, 7) is 4.73. The second kappa shape index (κ2) is 5.45. The van der Waals surface area contributed by atoms with E-state index < -0.39 is 0 Å². The molecule has 0 aliphatic carbocycles. The van der Waals surface area contributed by atoms with Crippen molar-refractivity contribution in [1.29, 1.82) is 0 Å². The van der Waals surface area contributed by atoms with E-state index in [2.05, 4.69) is 45.1 Å². The van der Waals surface area contributed by atoms with Gasteiger partial charge in [-0.1, -0.05) is 0 Å². The molecule has 1 aromatic heterocycles. The fourth-order valence-electron chi connectivity index (χ4n) is 1.28. The number of rotatable bonds is 5. The van der Waals surface area contributed by atoms with Crippen LogP contribution in [0.25, 0.3) is 0 Å². The first-order valence-electron chi connectivity index (χ1n) is 5.03. The van der Waals surface area contributed by atoms with Crippen molar-refractivity contribution in [3.8, 4) is 5.88 Å². The van der Waals surface area contributed by atoms with Gasteiger partial charge >= 0.3 is 0 Å². The Kier molecular flexibility index (Phi) is 4.49. The summed E-state index contributed by atoms with van der Waals surface area (Å²) < 4.78 is 5.83. The summed E-state index contributed by atoms with van der Waals surface area (Å²) >= 11 is 3.30. The molecular weight excluding hydrogens is 272 g/mol. The van der Waals surface area contributed by atoms with E-state index in [9.17, 15) is 0 Å². The number of nitrogens with one attached hydrogen (secondary N) is 1. The van der Waals surface area contributed by atoms with Gasteiger partial charge in [0.25, 0.3) is 0 Å². The van der Waals surface area contributed by atoms with Gasteiger partial charge in [0, 0.05) is 5.54 Å². The van der Waals surface area contributed by atoms with Gasteiger partial charge in [-0.15, -0.1) is 0 Å². The minimum absolute atomic E-state index is 0.131. The Balaban J connectivity index is 2.81. The van der Waals surface area contributed by atoms with Crippen LogP contribution >= 0.6 is 15.9 Å². The lowest BCUT2D eigenvalue weighted by molar-refractivity contribution is 0.393. The van der Waals surface area contributed by atoms with Gasteiger partial charge in [0.2, 0.25) is 11.8 Å². The van der Waals surface area contributed by atoms with Crippen LogP contribution in [0.4, 0.5) is 5.95 Å². The number of nitrogens with zero attached hydrogens (tertiary/aromatic N) is 2. The van der Waals surface area contributed by atoms with Crippen LogP contribution in [0.2, 0.25) is 0 Å². The fraction of sp³-hybridized carbons (Fsp3) is 0.600. The van der Waals surface area contributed by atoms with E-state index in [-0.39, 0.29) is 5.54 Å². The molecule has 1 aromatic rings. The first kappa shape index (κ1) is 13.2. The molecule has 5 nitrogen and oxygen atoms in total. The van der Waals surface area contributed by atoms with E-state index in [0.29, 0.717) is 18.4 Å². The van der Waals surface area contributed by atoms with Crippen molar-refractivity contribution < 1.29 is 4.74 Å². The highest BCUT2D eigenvalue weighted by Gasteiger charge is 2.18. The van der Waals surface area contributed by atoms with Crippen LogP contribution in [0.1, 0.15) is 20.3 Å². The van der Waals surface area contributed by atoms with Crippen LogP contribution in [0.15, 0.2) is 10.7 Å². The van der Waals surface area contributed by atoms with Crippen molar-refractivity contribution in [2.45, 2.75) is 25.8 Å². The number of halogens is 1. The molecule has 3 N–H and O–H groups in total. The first-order valence-corrected chi connectivity index (χ1v) is 5.82. The molecule has 6 heteroatoms. The lowest BCUT2D eigenvalue weighted by Gasteiger charge is -2.25. The van der Waals surface area contributed by atoms with Gasteiger partial charge < -0.3 is 15.8 Å². The number of nitrogens with two attached hydrogens (primary N) is 1. The summed E-state index contributed by atoms with van der Waals surface area (Å²) in [5, 5.41) is 3.22. The Morgan fingerprint density at radius 1 is 1.56 bits per heavy atom. The van der Waals surface area contributed by atoms with Crippen molar-refractivity contribution in [3.05, 3.63) is 10.7 Å². The topological polar surface area (TPSA) is 73.1 Å². The van der Waals surface area contributed by atoms with E-state index in [1.807, 2.05) is 0 Å². The van der Waals surface area contributed by atoms with Gasteiger partial charge in [0.15, 0.2) is 0 Å². The number of anilines is 1. The molecule has 0 aliphatic rings. The third-order valence-corrected chi connectivity index (χ3v) is 2.67. The lowest BCUT2D eigenvalue weighted by Crippen LogP contribution is -2.34. The number of hydrogen-bond acceptors (Lipinski definition) is 5. The largest absolute Gasteiger partial charge is 0.480 e. The summed E-state index contributed by atoms with van der Waals surface area (Å²) in [6, 6.07) is 0. The summed E-state index contributed by atoms with van der Waals surface area (Å²) in [6.07, 6.45) is 2.50. The summed E-state index contributed by atoms with van der Waals surface area (Å²) in [4.78, 5) is 8.39. The van der Waals surface area contributed by atoms with E-state index in [0.717, 1.165) is 10.9 Å². The molecule has 0 aromatic carbocycles. The smallest absolute Gasteiger partial charge is 0.232 e. The molecule has 16 heavy (non-hydrogen) atoms. The molecule has 0 amide bonds. The second-order valence-electron chi connectivity index (χ2n) is 4.10. The van der Waals surface area contributed by atoms with E-state index in [4.69, 9.17) is 10.5 Å². The molecule has 0 atom stereocenters. The molecule has 0 aliphatic heterocycles. The zero-order valence-electron chi connectivity index (χ0n) is 9.75. The predicted octanol–water partition coefficient (Wildman–Crippen LogP) is 1.79. The SMILES string of the molecule is COc1nc(NC(C)(C)CCN)ncc1Br. The zero-order valence-corrected chi connectivity index (χ0v) is 11.3. The van der Waals surface area contributed by atoms with Crippen LogP contribution in [-0.4, -0.2) is 29.2 Å². The molecule has 90 valence electrons. The van der Waals surface area contributed by atoms with Gasteiger partial charge in [-0.25, -0.2) is 4.98 Å². The highest BCUT2D eigenvalue weighted by atomic mass is 79.9. The molecule has 0 saturated carbocycles. The molecule has 0 unspecified atom stereocenters. The van der Waals surface area contributed by atoms with Crippen LogP contribution in [0, 0.1) is 0 Å². The lowest BCUT2D eigenvalue weighted by atomic mass is 10.0. The summed E-state index contributed by atoms with van der Waals surface area (Å²) in [5.41, 5.74) is 5.40. The van der Waals surface area contributed by atoms with Crippen LogP contribution in [0.5, 0.6) is 5.88 Å². The standard InChI is InChI=1S/C10H17BrN4O/c1-10(2,4-5-12)15-9-13-6-7(11)8(14-9)16-3/h6H,4-5,12H2,1-3H3,(H,13,14,15). The van der Waals surface area contributed by atoms with Gasteiger partial charge in [-0.3, -0.25) is 0 Å². The minimum Gasteiger partial charge on any atom is -0.480 e. The maximum Gasteiger partial charge on any atom is 0.232 e. The number of methoxy groups -OCH3 is 1. The first-order chi connectivity index (χ1) is 7.48. The maximum absolute atomic E-state index is 5.54. The minimum atomic E-state index is -0.131.